The van der Waals surface area contributed by atoms with E-state index in [9.17, 15) is 13.2 Å². The van der Waals surface area contributed by atoms with Crippen molar-refractivity contribution in [2.45, 2.75) is 6.61 Å². The number of hydrogen-bond acceptors (Lipinski definition) is 3. The summed E-state index contributed by atoms with van der Waals surface area (Å²) < 4.78 is 40.1. The van der Waals surface area contributed by atoms with Crippen molar-refractivity contribution in [1.82, 2.24) is 0 Å². The highest BCUT2D eigenvalue weighted by Crippen LogP contribution is 2.21. The normalized spacial score (nSPS) is 10.2. The Hall–Kier alpha value is -1.43. The third-order valence-electron chi connectivity index (χ3n) is 1.32. The largest absolute Gasteiger partial charge is 0.435 e. The lowest BCUT2D eigenvalue weighted by atomic mass is 10.3. The number of nitrogens with one attached hydrogen (secondary N) is 1. The fourth-order valence-corrected chi connectivity index (χ4v) is 0.791. The molecule has 13 heavy (non-hydrogen) atoms. The molecular formula is C7H7F3N2O. The topological polar surface area (TPSA) is 47.3 Å². The molecule has 0 atom stereocenters. The van der Waals surface area contributed by atoms with Crippen LogP contribution in [0, 0.1) is 5.82 Å². The highest BCUT2D eigenvalue weighted by molar-refractivity contribution is 5.48. The number of alkyl halides is 2. The zero-order valence-corrected chi connectivity index (χ0v) is 6.43. The van der Waals surface area contributed by atoms with Crippen molar-refractivity contribution in [3.63, 3.8) is 0 Å². The lowest BCUT2D eigenvalue weighted by Gasteiger charge is -2.06. The Morgan fingerprint density at radius 2 is 2.08 bits per heavy atom. The number of hydrazine groups is 1. The van der Waals surface area contributed by atoms with E-state index in [4.69, 9.17) is 5.84 Å². The lowest BCUT2D eigenvalue weighted by molar-refractivity contribution is -0.0498. The first kappa shape index (κ1) is 9.66. The molecule has 1 aromatic rings. The van der Waals surface area contributed by atoms with Crippen LogP contribution in [0.5, 0.6) is 5.75 Å². The molecule has 0 bridgehead atoms. The van der Waals surface area contributed by atoms with Gasteiger partial charge in [0.25, 0.3) is 0 Å². The van der Waals surface area contributed by atoms with Crippen LogP contribution < -0.4 is 16.0 Å². The molecule has 0 fully saturated rings. The summed E-state index contributed by atoms with van der Waals surface area (Å²) in [5.74, 6) is 4.13. The van der Waals surface area contributed by atoms with E-state index in [1.807, 2.05) is 5.43 Å². The Morgan fingerprint density at radius 3 is 2.62 bits per heavy atom. The van der Waals surface area contributed by atoms with Crippen LogP contribution in [0.1, 0.15) is 0 Å². The third-order valence-corrected chi connectivity index (χ3v) is 1.32. The van der Waals surface area contributed by atoms with Gasteiger partial charge in [0.15, 0.2) is 0 Å². The Morgan fingerprint density at radius 1 is 1.38 bits per heavy atom. The Balaban J connectivity index is 2.86. The van der Waals surface area contributed by atoms with Crippen LogP contribution in [0.15, 0.2) is 18.2 Å². The molecule has 0 spiro atoms. The fourth-order valence-electron chi connectivity index (χ4n) is 0.791. The van der Waals surface area contributed by atoms with E-state index >= 15 is 0 Å². The van der Waals surface area contributed by atoms with Gasteiger partial charge in [0.2, 0.25) is 0 Å². The number of nitrogen functional groups attached to an aromatic ring is 1. The molecule has 72 valence electrons. The summed E-state index contributed by atoms with van der Waals surface area (Å²) in [6.45, 7) is -2.93. The fraction of sp³-hybridized carbons (Fsp3) is 0.143. The average Bonchev–Trinajstić information content (AvgIpc) is 2.07. The highest BCUT2D eigenvalue weighted by atomic mass is 19.3. The molecule has 0 aliphatic rings. The van der Waals surface area contributed by atoms with E-state index < -0.39 is 12.4 Å². The van der Waals surface area contributed by atoms with Crippen LogP contribution in [0.25, 0.3) is 0 Å². The zero-order chi connectivity index (χ0) is 9.84. The van der Waals surface area contributed by atoms with Crippen molar-refractivity contribution in [1.29, 1.82) is 0 Å². The first-order valence-electron chi connectivity index (χ1n) is 3.34. The number of rotatable bonds is 3. The predicted molar refractivity (Wildman–Crippen MR) is 40.8 cm³/mol. The van der Waals surface area contributed by atoms with E-state index in [2.05, 4.69) is 4.74 Å². The monoisotopic (exact) mass is 192 g/mol. The molecule has 0 aromatic heterocycles. The summed E-state index contributed by atoms with van der Waals surface area (Å²) >= 11 is 0. The van der Waals surface area contributed by atoms with E-state index in [0.717, 1.165) is 18.2 Å². The van der Waals surface area contributed by atoms with Crippen LogP contribution in [0.2, 0.25) is 0 Å². The minimum atomic E-state index is -2.93. The molecule has 0 aliphatic carbocycles. The molecule has 3 nitrogen and oxygen atoms in total. The van der Waals surface area contributed by atoms with Gasteiger partial charge < -0.3 is 10.2 Å². The number of nitrogens with two attached hydrogens (primary N) is 1. The predicted octanol–water partition coefficient (Wildman–Crippen LogP) is 1.71. The molecule has 1 rings (SSSR count). The first-order chi connectivity index (χ1) is 6.13. The maximum atomic E-state index is 12.7. The van der Waals surface area contributed by atoms with Crippen molar-refractivity contribution < 1.29 is 17.9 Å². The average molecular weight is 192 g/mol. The van der Waals surface area contributed by atoms with Gasteiger partial charge in [0, 0.05) is 6.07 Å². The van der Waals surface area contributed by atoms with Crippen LogP contribution in [-0.2, 0) is 0 Å². The molecule has 0 amide bonds. The SMILES string of the molecule is NNc1cc(OC(F)F)ccc1F. The highest BCUT2D eigenvalue weighted by Gasteiger charge is 2.07. The van der Waals surface area contributed by atoms with Gasteiger partial charge in [-0.25, -0.2) is 4.39 Å². The Labute approximate surface area is 72.3 Å². The summed E-state index contributed by atoms with van der Waals surface area (Å²) in [6, 6.07) is 3.11. The Kier molecular flexibility index (Phi) is 2.97. The summed E-state index contributed by atoms with van der Waals surface area (Å²) in [6.07, 6.45) is 0. The van der Waals surface area contributed by atoms with Crippen molar-refractivity contribution in [2.24, 2.45) is 5.84 Å². The maximum absolute atomic E-state index is 12.7. The molecule has 0 radical (unpaired) electrons. The summed E-state index contributed by atoms with van der Waals surface area (Å²) in [4.78, 5) is 0. The molecule has 0 aliphatic heterocycles. The van der Waals surface area contributed by atoms with Gasteiger partial charge in [0.1, 0.15) is 11.6 Å². The van der Waals surface area contributed by atoms with Crippen LogP contribution >= 0.6 is 0 Å². The molecule has 6 heteroatoms. The van der Waals surface area contributed by atoms with Gasteiger partial charge in [-0.2, -0.15) is 8.78 Å². The van der Waals surface area contributed by atoms with Gasteiger partial charge in [-0.05, 0) is 12.1 Å². The molecule has 0 unspecified atom stereocenters. The quantitative estimate of drug-likeness (QED) is 0.566. The van der Waals surface area contributed by atoms with Crippen molar-refractivity contribution in [2.75, 3.05) is 5.43 Å². The maximum Gasteiger partial charge on any atom is 0.387 e. The number of benzene rings is 1. The van der Waals surface area contributed by atoms with E-state index in [1.165, 1.54) is 0 Å². The van der Waals surface area contributed by atoms with Crippen molar-refractivity contribution >= 4 is 5.69 Å². The summed E-state index contributed by atoms with van der Waals surface area (Å²) in [7, 11) is 0. The van der Waals surface area contributed by atoms with Crippen LogP contribution in [0.4, 0.5) is 18.9 Å². The molecule has 1 aromatic carbocycles. The number of hydrogen-bond donors (Lipinski definition) is 2. The van der Waals surface area contributed by atoms with E-state index in [0.29, 0.717) is 0 Å². The number of anilines is 1. The smallest absolute Gasteiger partial charge is 0.387 e. The molecule has 3 N–H and O–H groups in total. The van der Waals surface area contributed by atoms with E-state index in [1.54, 1.807) is 0 Å². The zero-order valence-electron chi connectivity index (χ0n) is 6.43. The standard InChI is InChI=1S/C7H7F3N2O/c8-5-2-1-4(13-7(9)10)3-6(5)12-11/h1-3,7,12H,11H2. The van der Waals surface area contributed by atoms with Gasteiger partial charge in [0.05, 0.1) is 5.69 Å². The number of ether oxygens (including phenoxy) is 1. The van der Waals surface area contributed by atoms with Crippen molar-refractivity contribution in [3.8, 4) is 5.75 Å². The van der Waals surface area contributed by atoms with E-state index in [-0.39, 0.29) is 11.4 Å². The van der Waals surface area contributed by atoms with Crippen LogP contribution in [-0.4, -0.2) is 6.61 Å². The molecule has 0 heterocycles. The van der Waals surface area contributed by atoms with Crippen molar-refractivity contribution in [3.05, 3.63) is 24.0 Å². The van der Waals surface area contributed by atoms with Gasteiger partial charge in [-0.15, -0.1) is 0 Å². The van der Waals surface area contributed by atoms with Gasteiger partial charge in [-0.3, -0.25) is 5.84 Å². The van der Waals surface area contributed by atoms with Crippen LogP contribution in [0.3, 0.4) is 0 Å². The van der Waals surface area contributed by atoms with Gasteiger partial charge in [-0.1, -0.05) is 0 Å². The lowest BCUT2D eigenvalue weighted by Crippen LogP contribution is -2.09. The molecule has 0 saturated carbocycles. The summed E-state index contributed by atoms with van der Waals surface area (Å²) in [5.41, 5.74) is 1.91. The Bertz CT molecular complexity index is 293. The second-order valence-electron chi connectivity index (χ2n) is 2.16. The third kappa shape index (κ3) is 2.51. The molecular weight excluding hydrogens is 185 g/mol. The van der Waals surface area contributed by atoms with Gasteiger partial charge >= 0.3 is 6.61 Å². The molecule has 0 saturated heterocycles. The summed E-state index contributed by atoms with van der Waals surface area (Å²) in [5, 5.41) is 0. The minimum Gasteiger partial charge on any atom is -0.435 e. The minimum absolute atomic E-state index is 0.0989. The first-order valence-corrected chi connectivity index (χ1v) is 3.34. The second kappa shape index (κ2) is 3.99. The number of halogens is 3. The second-order valence-corrected chi connectivity index (χ2v) is 2.16.